The van der Waals surface area contributed by atoms with Crippen LogP contribution in [0.1, 0.15) is 26.7 Å². The Morgan fingerprint density at radius 2 is 1.46 bits per heavy atom. The summed E-state index contributed by atoms with van der Waals surface area (Å²) in [6.07, 6.45) is 1.92. The van der Waals surface area contributed by atoms with Crippen LogP contribution < -0.4 is 20.1 Å². The quantitative estimate of drug-likeness (QED) is 0.520. The van der Waals surface area contributed by atoms with Gasteiger partial charge in [0.15, 0.2) is 0 Å². The summed E-state index contributed by atoms with van der Waals surface area (Å²) < 4.78 is 11.5. The van der Waals surface area contributed by atoms with Gasteiger partial charge in [-0.1, -0.05) is 6.07 Å². The van der Waals surface area contributed by atoms with Gasteiger partial charge < -0.3 is 20.1 Å². The van der Waals surface area contributed by atoms with Gasteiger partial charge in [-0.3, -0.25) is 0 Å². The molecule has 0 heterocycles. The fourth-order valence-corrected chi connectivity index (χ4v) is 2.51. The van der Waals surface area contributed by atoms with Crippen molar-refractivity contribution >= 4 is 11.4 Å². The van der Waals surface area contributed by atoms with Crippen molar-refractivity contribution in [2.75, 3.05) is 36.9 Å². The molecule has 2 aromatic carbocycles. The van der Waals surface area contributed by atoms with E-state index in [0.717, 1.165) is 43.1 Å². The molecule has 0 amide bonds. The Labute approximate surface area is 145 Å². The standard InChI is InChI=1S/C20H28N2O2/c1-3-22(4-2)18-8-7-9-20(16-18)24-15-6-5-14-23-19-12-10-17(21)11-13-19/h7-13,16H,3-6,14-15,21H2,1-2H3. The van der Waals surface area contributed by atoms with Crippen molar-refractivity contribution in [3.8, 4) is 11.5 Å². The maximum absolute atomic E-state index is 5.86. The number of hydrogen-bond acceptors (Lipinski definition) is 4. The molecule has 0 fully saturated rings. The summed E-state index contributed by atoms with van der Waals surface area (Å²) in [5, 5.41) is 0. The third-order valence-corrected chi connectivity index (χ3v) is 3.90. The van der Waals surface area contributed by atoms with Gasteiger partial charge in [0.05, 0.1) is 13.2 Å². The van der Waals surface area contributed by atoms with E-state index in [2.05, 4.69) is 30.9 Å². The zero-order valence-electron chi connectivity index (χ0n) is 14.7. The van der Waals surface area contributed by atoms with Crippen LogP contribution in [0.3, 0.4) is 0 Å². The second-order valence-corrected chi connectivity index (χ2v) is 5.64. The number of nitrogens with two attached hydrogens (primary N) is 1. The molecule has 4 nitrogen and oxygen atoms in total. The number of ether oxygens (including phenoxy) is 2. The predicted molar refractivity (Wildman–Crippen MR) is 101 cm³/mol. The first-order valence-corrected chi connectivity index (χ1v) is 8.69. The Kier molecular flexibility index (Phi) is 7.27. The third-order valence-electron chi connectivity index (χ3n) is 3.90. The van der Waals surface area contributed by atoms with Crippen LogP contribution >= 0.6 is 0 Å². The molecule has 0 saturated carbocycles. The fraction of sp³-hybridized carbons (Fsp3) is 0.400. The molecule has 0 radical (unpaired) electrons. The molecule has 2 rings (SSSR count). The average molecular weight is 328 g/mol. The maximum atomic E-state index is 5.86. The van der Waals surface area contributed by atoms with E-state index in [9.17, 15) is 0 Å². The first-order valence-electron chi connectivity index (χ1n) is 8.69. The fourth-order valence-electron chi connectivity index (χ4n) is 2.51. The van der Waals surface area contributed by atoms with Gasteiger partial charge in [-0.05, 0) is 63.1 Å². The lowest BCUT2D eigenvalue weighted by molar-refractivity contribution is 0.266. The van der Waals surface area contributed by atoms with E-state index in [0.29, 0.717) is 13.2 Å². The van der Waals surface area contributed by atoms with Crippen LogP contribution in [0, 0.1) is 0 Å². The zero-order chi connectivity index (χ0) is 17.2. The Morgan fingerprint density at radius 3 is 2.08 bits per heavy atom. The Morgan fingerprint density at radius 1 is 0.833 bits per heavy atom. The molecule has 0 aliphatic heterocycles. The van der Waals surface area contributed by atoms with Gasteiger partial charge >= 0.3 is 0 Å². The first-order chi connectivity index (χ1) is 11.7. The van der Waals surface area contributed by atoms with Gasteiger partial charge in [0.2, 0.25) is 0 Å². The van der Waals surface area contributed by atoms with Crippen molar-refractivity contribution in [1.82, 2.24) is 0 Å². The van der Waals surface area contributed by atoms with Gasteiger partial charge in [0.1, 0.15) is 11.5 Å². The molecule has 2 N–H and O–H groups in total. The molecule has 0 bridgehead atoms. The van der Waals surface area contributed by atoms with E-state index >= 15 is 0 Å². The summed E-state index contributed by atoms with van der Waals surface area (Å²) in [4.78, 5) is 2.31. The van der Waals surface area contributed by atoms with E-state index in [-0.39, 0.29) is 0 Å². The minimum atomic E-state index is 0.687. The second kappa shape index (κ2) is 9.71. The average Bonchev–Trinajstić information content (AvgIpc) is 2.61. The van der Waals surface area contributed by atoms with Crippen molar-refractivity contribution in [1.29, 1.82) is 0 Å². The summed E-state index contributed by atoms with van der Waals surface area (Å²) in [7, 11) is 0. The Balaban J connectivity index is 1.67. The van der Waals surface area contributed by atoms with Crippen LogP contribution in [0.25, 0.3) is 0 Å². The predicted octanol–water partition coefficient (Wildman–Crippen LogP) is 4.35. The van der Waals surface area contributed by atoms with E-state index in [1.165, 1.54) is 5.69 Å². The van der Waals surface area contributed by atoms with Crippen molar-refractivity contribution in [2.24, 2.45) is 0 Å². The normalized spacial score (nSPS) is 10.4. The molecule has 0 saturated heterocycles. The van der Waals surface area contributed by atoms with E-state index in [1.807, 2.05) is 36.4 Å². The highest BCUT2D eigenvalue weighted by Crippen LogP contribution is 2.21. The number of unbranched alkanes of at least 4 members (excludes halogenated alkanes) is 1. The molecule has 4 heteroatoms. The summed E-state index contributed by atoms with van der Waals surface area (Å²) in [6.45, 7) is 7.72. The zero-order valence-corrected chi connectivity index (χ0v) is 14.7. The second-order valence-electron chi connectivity index (χ2n) is 5.64. The minimum Gasteiger partial charge on any atom is -0.494 e. The summed E-state index contributed by atoms with van der Waals surface area (Å²) >= 11 is 0. The van der Waals surface area contributed by atoms with E-state index in [1.54, 1.807) is 0 Å². The number of rotatable bonds is 10. The molecule has 0 unspecified atom stereocenters. The SMILES string of the molecule is CCN(CC)c1cccc(OCCCCOc2ccc(N)cc2)c1. The molecule has 0 atom stereocenters. The van der Waals surface area contributed by atoms with Crippen LogP contribution in [0.2, 0.25) is 0 Å². The lowest BCUT2D eigenvalue weighted by atomic mass is 10.2. The highest BCUT2D eigenvalue weighted by molar-refractivity contribution is 5.50. The number of hydrogen-bond donors (Lipinski definition) is 1. The van der Waals surface area contributed by atoms with Gasteiger partial charge in [-0.25, -0.2) is 0 Å². The van der Waals surface area contributed by atoms with Crippen LogP contribution in [0.4, 0.5) is 11.4 Å². The molecule has 2 aromatic rings. The smallest absolute Gasteiger partial charge is 0.121 e. The molecular weight excluding hydrogens is 300 g/mol. The lowest BCUT2D eigenvalue weighted by Gasteiger charge is -2.21. The highest BCUT2D eigenvalue weighted by atomic mass is 16.5. The Bertz CT molecular complexity index is 595. The van der Waals surface area contributed by atoms with Crippen LogP contribution in [-0.2, 0) is 0 Å². The number of benzene rings is 2. The number of anilines is 2. The van der Waals surface area contributed by atoms with Crippen molar-refractivity contribution in [3.63, 3.8) is 0 Å². The Hall–Kier alpha value is -2.36. The van der Waals surface area contributed by atoms with E-state index in [4.69, 9.17) is 15.2 Å². The number of nitrogens with zero attached hydrogens (tertiary/aromatic N) is 1. The summed E-state index contributed by atoms with van der Waals surface area (Å²) in [5.74, 6) is 1.79. The van der Waals surface area contributed by atoms with E-state index < -0.39 is 0 Å². The minimum absolute atomic E-state index is 0.687. The molecule has 0 aliphatic carbocycles. The monoisotopic (exact) mass is 328 g/mol. The van der Waals surface area contributed by atoms with Gasteiger partial charge in [-0.2, -0.15) is 0 Å². The van der Waals surface area contributed by atoms with Crippen LogP contribution in [0.5, 0.6) is 11.5 Å². The van der Waals surface area contributed by atoms with Crippen molar-refractivity contribution in [2.45, 2.75) is 26.7 Å². The van der Waals surface area contributed by atoms with Crippen molar-refractivity contribution in [3.05, 3.63) is 48.5 Å². The number of nitrogen functional groups attached to an aromatic ring is 1. The topological polar surface area (TPSA) is 47.7 Å². The summed E-state index contributed by atoms with van der Waals surface area (Å²) in [5.41, 5.74) is 7.61. The third kappa shape index (κ3) is 5.69. The molecule has 24 heavy (non-hydrogen) atoms. The molecular formula is C20H28N2O2. The summed E-state index contributed by atoms with van der Waals surface area (Å²) in [6, 6.07) is 15.8. The molecule has 130 valence electrons. The highest BCUT2D eigenvalue weighted by Gasteiger charge is 2.03. The molecule has 0 spiro atoms. The maximum Gasteiger partial charge on any atom is 0.121 e. The van der Waals surface area contributed by atoms with Gasteiger partial charge in [0, 0.05) is 30.5 Å². The van der Waals surface area contributed by atoms with Gasteiger partial charge in [-0.15, -0.1) is 0 Å². The molecule has 0 aromatic heterocycles. The van der Waals surface area contributed by atoms with Crippen molar-refractivity contribution < 1.29 is 9.47 Å². The van der Waals surface area contributed by atoms with Crippen LogP contribution in [0.15, 0.2) is 48.5 Å². The molecule has 0 aliphatic rings. The van der Waals surface area contributed by atoms with Gasteiger partial charge in [0.25, 0.3) is 0 Å². The first kappa shape index (κ1) is 18.0. The largest absolute Gasteiger partial charge is 0.494 e. The van der Waals surface area contributed by atoms with Crippen LogP contribution in [-0.4, -0.2) is 26.3 Å². The lowest BCUT2D eigenvalue weighted by Crippen LogP contribution is -2.21.